The molecule has 0 radical (unpaired) electrons. The molecular formula is C15H20F2N2O2. The van der Waals surface area contributed by atoms with Crippen molar-refractivity contribution >= 4 is 5.91 Å². The second kappa shape index (κ2) is 6.39. The molecule has 0 bridgehead atoms. The van der Waals surface area contributed by atoms with Crippen molar-refractivity contribution in [3.8, 4) is 5.75 Å². The Hall–Kier alpha value is -1.69. The zero-order valence-corrected chi connectivity index (χ0v) is 12.0. The van der Waals surface area contributed by atoms with Crippen molar-refractivity contribution in [2.45, 2.75) is 26.4 Å². The number of nitrogens with two attached hydrogens (primary N) is 1. The molecule has 1 unspecified atom stereocenters. The summed E-state index contributed by atoms with van der Waals surface area (Å²) in [6, 6.07) is 6.16. The van der Waals surface area contributed by atoms with Gasteiger partial charge in [-0.1, -0.05) is 19.1 Å². The summed E-state index contributed by atoms with van der Waals surface area (Å²) < 4.78 is 28.4. The fourth-order valence-electron chi connectivity index (χ4n) is 2.48. The molecule has 1 aliphatic heterocycles. The van der Waals surface area contributed by atoms with Gasteiger partial charge in [-0.25, -0.2) is 0 Å². The first-order valence-electron chi connectivity index (χ1n) is 6.93. The average Bonchev–Trinajstić information content (AvgIpc) is 2.84. The molecule has 1 aromatic rings. The van der Waals surface area contributed by atoms with E-state index in [0.29, 0.717) is 13.1 Å². The highest BCUT2D eigenvalue weighted by molar-refractivity contribution is 5.79. The number of rotatable bonds is 5. The van der Waals surface area contributed by atoms with Gasteiger partial charge >= 0.3 is 6.61 Å². The number of benzene rings is 1. The quantitative estimate of drug-likeness (QED) is 0.905. The lowest BCUT2D eigenvalue weighted by Crippen LogP contribution is -2.35. The molecule has 116 valence electrons. The van der Waals surface area contributed by atoms with E-state index in [1.54, 1.807) is 12.1 Å². The maximum atomic E-state index is 12.2. The van der Waals surface area contributed by atoms with E-state index in [2.05, 4.69) is 11.7 Å². The molecule has 1 amide bonds. The van der Waals surface area contributed by atoms with Crippen LogP contribution in [0.15, 0.2) is 24.3 Å². The van der Waals surface area contributed by atoms with Crippen LogP contribution in [0.2, 0.25) is 0 Å². The van der Waals surface area contributed by atoms with E-state index in [4.69, 9.17) is 5.73 Å². The third-order valence-corrected chi connectivity index (χ3v) is 3.91. The number of likely N-dealkylation sites (tertiary alicyclic amines) is 1. The Kier molecular flexibility index (Phi) is 4.77. The van der Waals surface area contributed by atoms with Gasteiger partial charge in [0, 0.05) is 13.1 Å². The highest BCUT2D eigenvalue weighted by Gasteiger charge is 2.34. The molecule has 0 saturated carbocycles. The van der Waals surface area contributed by atoms with Crippen molar-refractivity contribution in [3.63, 3.8) is 0 Å². The normalized spacial score (nSPS) is 21.9. The largest absolute Gasteiger partial charge is 0.435 e. The van der Waals surface area contributed by atoms with Crippen LogP contribution < -0.4 is 10.5 Å². The van der Waals surface area contributed by atoms with E-state index in [0.717, 1.165) is 18.5 Å². The molecule has 21 heavy (non-hydrogen) atoms. The number of nitrogens with zero attached hydrogens (tertiary/aromatic N) is 1. The SMILES string of the molecule is CC1(CN)CCN(C(=O)Cc2ccc(OC(F)F)cc2)C1. The molecule has 4 nitrogen and oxygen atoms in total. The minimum Gasteiger partial charge on any atom is -0.435 e. The molecule has 2 N–H and O–H groups in total. The Morgan fingerprint density at radius 2 is 2.10 bits per heavy atom. The Labute approximate surface area is 122 Å². The maximum Gasteiger partial charge on any atom is 0.387 e. The Balaban J connectivity index is 1.91. The standard InChI is InChI=1S/C15H20F2N2O2/c1-15(9-18)6-7-19(10-15)13(20)8-11-2-4-12(5-3-11)21-14(16)17/h2-5,14H,6-10,18H2,1H3. The van der Waals surface area contributed by atoms with Crippen LogP contribution in [-0.4, -0.2) is 37.1 Å². The van der Waals surface area contributed by atoms with Gasteiger partial charge in [-0.05, 0) is 36.1 Å². The van der Waals surface area contributed by atoms with Crippen LogP contribution in [0.5, 0.6) is 5.75 Å². The van der Waals surface area contributed by atoms with Crippen LogP contribution in [0, 0.1) is 5.41 Å². The predicted molar refractivity (Wildman–Crippen MR) is 75.1 cm³/mol. The van der Waals surface area contributed by atoms with Crippen LogP contribution >= 0.6 is 0 Å². The lowest BCUT2D eigenvalue weighted by molar-refractivity contribution is -0.129. The third-order valence-electron chi connectivity index (χ3n) is 3.91. The highest BCUT2D eigenvalue weighted by atomic mass is 19.3. The van der Waals surface area contributed by atoms with Crippen LogP contribution in [0.4, 0.5) is 8.78 Å². The Bertz CT molecular complexity index is 493. The van der Waals surface area contributed by atoms with E-state index in [1.165, 1.54) is 12.1 Å². The van der Waals surface area contributed by atoms with Gasteiger partial charge in [-0.2, -0.15) is 8.78 Å². The second-order valence-corrected chi connectivity index (χ2v) is 5.78. The summed E-state index contributed by atoms with van der Waals surface area (Å²) in [5.74, 6) is 0.132. The molecule has 1 fully saturated rings. The number of hydrogen-bond acceptors (Lipinski definition) is 3. The fraction of sp³-hybridized carbons (Fsp3) is 0.533. The first-order valence-corrected chi connectivity index (χ1v) is 6.93. The van der Waals surface area contributed by atoms with Gasteiger partial charge in [-0.15, -0.1) is 0 Å². The molecule has 6 heteroatoms. The fourth-order valence-corrected chi connectivity index (χ4v) is 2.48. The highest BCUT2D eigenvalue weighted by Crippen LogP contribution is 2.28. The second-order valence-electron chi connectivity index (χ2n) is 5.78. The third kappa shape index (κ3) is 4.14. The van der Waals surface area contributed by atoms with E-state index < -0.39 is 6.61 Å². The number of amides is 1. The van der Waals surface area contributed by atoms with Crippen molar-refractivity contribution in [3.05, 3.63) is 29.8 Å². The van der Waals surface area contributed by atoms with Gasteiger partial charge in [0.2, 0.25) is 5.91 Å². The van der Waals surface area contributed by atoms with Crippen molar-refractivity contribution in [2.75, 3.05) is 19.6 Å². The Morgan fingerprint density at radius 3 is 2.62 bits per heavy atom. The van der Waals surface area contributed by atoms with Gasteiger partial charge in [0.05, 0.1) is 6.42 Å². The molecule has 0 spiro atoms. The summed E-state index contributed by atoms with van der Waals surface area (Å²) >= 11 is 0. The van der Waals surface area contributed by atoms with Crippen LogP contribution in [-0.2, 0) is 11.2 Å². The Morgan fingerprint density at radius 1 is 1.43 bits per heavy atom. The van der Waals surface area contributed by atoms with Gasteiger partial charge in [-0.3, -0.25) is 4.79 Å². The van der Waals surface area contributed by atoms with Crippen molar-refractivity contribution in [1.29, 1.82) is 0 Å². The van der Waals surface area contributed by atoms with Crippen molar-refractivity contribution in [2.24, 2.45) is 11.1 Å². The first-order chi connectivity index (χ1) is 9.92. The zero-order chi connectivity index (χ0) is 15.5. The molecule has 1 atom stereocenters. The van der Waals surface area contributed by atoms with E-state index in [9.17, 15) is 13.6 Å². The number of carbonyl (C=O) groups is 1. The summed E-state index contributed by atoms with van der Waals surface area (Å²) in [5, 5.41) is 0. The number of halogens is 2. The zero-order valence-electron chi connectivity index (χ0n) is 12.0. The number of ether oxygens (including phenoxy) is 1. The molecule has 1 aromatic carbocycles. The first kappa shape index (κ1) is 15.7. The molecule has 1 saturated heterocycles. The number of carbonyl (C=O) groups excluding carboxylic acids is 1. The van der Waals surface area contributed by atoms with E-state index in [-0.39, 0.29) is 23.5 Å². The lowest BCUT2D eigenvalue weighted by Gasteiger charge is -2.22. The van der Waals surface area contributed by atoms with Crippen molar-refractivity contribution < 1.29 is 18.3 Å². The monoisotopic (exact) mass is 298 g/mol. The van der Waals surface area contributed by atoms with Crippen molar-refractivity contribution in [1.82, 2.24) is 4.90 Å². The maximum absolute atomic E-state index is 12.2. The molecule has 0 aromatic heterocycles. The topological polar surface area (TPSA) is 55.6 Å². The van der Waals surface area contributed by atoms with Gasteiger partial charge in [0.25, 0.3) is 0 Å². The molecule has 1 aliphatic rings. The predicted octanol–water partition coefficient (Wildman–Crippen LogP) is 2.03. The minimum absolute atomic E-state index is 0.00459. The summed E-state index contributed by atoms with van der Waals surface area (Å²) in [7, 11) is 0. The molecule has 1 heterocycles. The summed E-state index contributed by atoms with van der Waals surface area (Å²) in [6.07, 6.45) is 1.17. The minimum atomic E-state index is -2.84. The molecular weight excluding hydrogens is 278 g/mol. The van der Waals surface area contributed by atoms with Gasteiger partial charge < -0.3 is 15.4 Å². The molecule has 0 aliphatic carbocycles. The summed E-state index contributed by atoms with van der Waals surface area (Å²) in [5.41, 5.74) is 6.51. The number of alkyl halides is 2. The summed E-state index contributed by atoms with van der Waals surface area (Å²) in [4.78, 5) is 14.0. The van der Waals surface area contributed by atoms with E-state index >= 15 is 0 Å². The lowest BCUT2D eigenvalue weighted by atomic mass is 9.90. The van der Waals surface area contributed by atoms with Gasteiger partial charge in [0.15, 0.2) is 0 Å². The van der Waals surface area contributed by atoms with E-state index in [1.807, 2.05) is 4.90 Å². The molecule has 2 rings (SSSR count). The number of hydrogen-bond donors (Lipinski definition) is 1. The van der Waals surface area contributed by atoms with Crippen LogP contribution in [0.1, 0.15) is 18.9 Å². The van der Waals surface area contributed by atoms with Crippen LogP contribution in [0.3, 0.4) is 0 Å². The van der Waals surface area contributed by atoms with Gasteiger partial charge in [0.1, 0.15) is 5.75 Å². The average molecular weight is 298 g/mol. The van der Waals surface area contributed by atoms with Crippen LogP contribution in [0.25, 0.3) is 0 Å². The smallest absolute Gasteiger partial charge is 0.387 e. The summed E-state index contributed by atoms with van der Waals surface area (Å²) in [6.45, 7) is 1.21.